The molecule has 114 valence electrons. The Hall–Kier alpha value is -2.37. The zero-order valence-electron chi connectivity index (χ0n) is 12.2. The average molecular weight is 342 g/mol. The first kappa shape index (κ1) is 14.2. The normalized spacial score (nSPS) is 11.2. The van der Waals surface area contributed by atoms with Crippen LogP contribution >= 0.6 is 22.9 Å². The Balaban J connectivity index is 1.71. The van der Waals surface area contributed by atoms with E-state index in [0.717, 1.165) is 21.1 Å². The molecule has 23 heavy (non-hydrogen) atoms. The van der Waals surface area contributed by atoms with Gasteiger partial charge in [-0.3, -0.25) is 10.1 Å². The van der Waals surface area contributed by atoms with Crippen molar-refractivity contribution < 1.29 is 4.79 Å². The molecule has 0 spiro atoms. The molecular weight excluding hydrogens is 330 g/mol. The first-order chi connectivity index (χ1) is 11.1. The number of amides is 1. The number of benzene rings is 2. The molecule has 1 amide bonds. The minimum atomic E-state index is -0.196. The standard InChI is InChI=1S/C17H12ClN3OS/c1-21-13-7-4-5-11(18)10(13)9-14(21)16(22)20-17-19-12-6-2-3-8-15(12)23-17/h2-9H,1H3,(H,19,20,22). The quantitative estimate of drug-likeness (QED) is 0.574. The molecule has 2 aromatic heterocycles. The van der Waals surface area contributed by atoms with Crippen LogP contribution in [0.5, 0.6) is 0 Å². The number of rotatable bonds is 2. The summed E-state index contributed by atoms with van der Waals surface area (Å²) in [5.74, 6) is -0.196. The minimum absolute atomic E-state index is 0.196. The summed E-state index contributed by atoms with van der Waals surface area (Å²) in [6, 6.07) is 15.2. The van der Waals surface area contributed by atoms with E-state index in [1.807, 2.05) is 54.1 Å². The number of carbonyl (C=O) groups is 1. The van der Waals surface area contributed by atoms with Crippen LogP contribution in [0.4, 0.5) is 5.13 Å². The molecule has 4 aromatic rings. The molecule has 0 radical (unpaired) electrons. The molecule has 2 heterocycles. The summed E-state index contributed by atoms with van der Waals surface area (Å²) in [6.45, 7) is 0. The number of aryl methyl sites for hydroxylation is 1. The minimum Gasteiger partial charge on any atom is -0.340 e. The lowest BCUT2D eigenvalue weighted by atomic mass is 10.2. The monoisotopic (exact) mass is 341 g/mol. The summed E-state index contributed by atoms with van der Waals surface area (Å²) in [5, 5.41) is 4.97. The number of hydrogen-bond acceptors (Lipinski definition) is 3. The van der Waals surface area contributed by atoms with Gasteiger partial charge < -0.3 is 4.57 Å². The molecule has 0 atom stereocenters. The Bertz CT molecular complexity index is 1020. The molecule has 4 rings (SSSR count). The SMILES string of the molecule is Cn1c(C(=O)Nc2nc3ccccc3s2)cc2c(Cl)cccc21. The number of para-hydroxylation sites is 1. The zero-order valence-corrected chi connectivity index (χ0v) is 13.8. The van der Waals surface area contributed by atoms with Gasteiger partial charge in [0.1, 0.15) is 5.69 Å². The summed E-state index contributed by atoms with van der Waals surface area (Å²) >= 11 is 7.66. The number of carbonyl (C=O) groups excluding carboxylic acids is 1. The van der Waals surface area contributed by atoms with Crippen LogP contribution in [0.1, 0.15) is 10.5 Å². The van der Waals surface area contributed by atoms with E-state index < -0.39 is 0 Å². The van der Waals surface area contributed by atoms with Gasteiger partial charge in [0, 0.05) is 23.0 Å². The maximum absolute atomic E-state index is 12.6. The predicted octanol–water partition coefficient (Wildman–Crippen LogP) is 4.69. The molecule has 4 nitrogen and oxygen atoms in total. The van der Waals surface area contributed by atoms with Gasteiger partial charge >= 0.3 is 0 Å². The summed E-state index contributed by atoms with van der Waals surface area (Å²) < 4.78 is 2.88. The van der Waals surface area contributed by atoms with Crippen molar-refractivity contribution in [2.75, 3.05) is 5.32 Å². The molecule has 0 saturated carbocycles. The second-order valence-corrected chi connectivity index (χ2v) is 6.64. The first-order valence-corrected chi connectivity index (χ1v) is 8.24. The summed E-state index contributed by atoms with van der Waals surface area (Å²) in [4.78, 5) is 17.0. The highest BCUT2D eigenvalue weighted by molar-refractivity contribution is 7.22. The van der Waals surface area contributed by atoms with E-state index in [0.29, 0.717) is 15.8 Å². The van der Waals surface area contributed by atoms with Crippen molar-refractivity contribution in [1.82, 2.24) is 9.55 Å². The number of nitrogens with one attached hydrogen (secondary N) is 1. The zero-order chi connectivity index (χ0) is 16.0. The Kier molecular flexibility index (Phi) is 3.32. The van der Waals surface area contributed by atoms with E-state index in [4.69, 9.17) is 11.6 Å². The fourth-order valence-electron chi connectivity index (χ4n) is 2.63. The highest BCUT2D eigenvalue weighted by atomic mass is 35.5. The van der Waals surface area contributed by atoms with Gasteiger partial charge in [0.15, 0.2) is 5.13 Å². The molecular formula is C17H12ClN3OS. The van der Waals surface area contributed by atoms with Crippen LogP contribution in [0.25, 0.3) is 21.1 Å². The van der Waals surface area contributed by atoms with Crippen molar-refractivity contribution in [2.45, 2.75) is 0 Å². The number of nitrogens with zero attached hydrogens (tertiary/aromatic N) is 2. The van der Waals surface area contributed by atoms with Crippen molar-refractivity contribution in [3.63, 3.8) is 0 Å². The second kappa shape index (κ2) is 5.37. The van der Waals surface area contributed by atoms with Gasteiger partial charge in [0.2, 0.25) is 0 Å². The topological polar surface area (TPSA) is 46.9 Å². The number of fused-ring (bicyclic) bond motifs is 2. The van der Waals surface area contributed by atoms with Crippen LogP contribution in [-0.2, 0) is 7.05 Å². The van der Waals surface area contributed by atoms with Gasteiger partial charge in [-0.1, -0.05) is 41.1 Å². The molecule has 0 aliphatic heterocycles. The van der Waals surface area contributed by atoms with E-state index in [1.54, 1.807) is 6.07 Å². The van der Waals surface area contributed by atoms with Gasteiger partial charge in [0.05, 0.1) is 10.2 Å². The maximum Gasteiger partial charge on any atom is 0.274 e. The molecule has 0 fully saturated rings. The highest BCUT2D eigenvalue weighted by Gasteiger charge is 2.16. The van der Waals surface area contributed by atoms with Gasteiger partial charge in [-0.05, 0) is 30.3 Å². The number of thiazole rings is 1. The number of aromatic nitrogens is 2. The molecule has 2 aromatic carbocycles. The Morgan fingerprint density at radius 3 is 2.83 bits per heavy atom. The van der Waals surface area contributed by atoms with Crippen molar-refractivity contribution in [3.8, 4) is 0 Å². The van der Waals surface area contributed by atoms with Crippen LogP contribution in [0, 0.1) is 0 Å². The summed E-state index contributed by atoms with van der Waals surface area (Å²) in [5.41, 5.74) is 2.35. The maximum atomic E-state index is 12.6. The third-order valence-electron chi connectivity index (χ3n) is 3.78. The smallest absolute Gasteiger partial charge is 0.274 e. The predicted molar refractivity (Wildman–Crippen MR) is 95.5 cm³/mol. The molecule has 6 heteroatoms. The van der Waals surface area contributed by atoms with Crippen molar-refractivity contribution >= 4 is 55.1 Å². The van der Waals surface area contributed by atoms with Crippen LogP contribution in [0.3, 0.4) is 0 Å². The summed E-state index contributed by atoms with van der Waals surface area (Å²) in [6.07, 6.45) is 0. The Morgan fingerprint density at radius 2 is 2.04 bits per heavy atom. The lowest BCUT2D eigenvalue weighted by Crippen LogP contribution is -2.15. The lowest BCUT2D eigenvalue weighted by Gasteiger charge is -2.03. The first-order valence-electron chi connectivity index (χ1n) is 7.04. The number of hydrogen-bond donors (Lipinski definition) is 1. The van der Waals surface area contributed by atoms with Gasteiger partial charge in [-0.25, -0.2) is 4.98 Å². The van der Waals surface area contributed by atoms with E-state index >= 15 is 0 Å². The van der Waals surface area contributed by atoms with Gasteiger partial charge in [-0.15, -0.1) is 0 Å². The third kappa shape index (κ3) is 2.38. The van der Waals surface area contributed by atoms with E-state index in [1.165, 1.54) is 11.3 Å². The molecule has 1 N–H and O–H groups in total. The van der Waals surface area contributed by atoms with Crippen molar-refractivity contribution in [2.24, 2.45) is 7.05 Å². The Morgan fingerprint density at radius 1 is 1.22 bits per heavy atom. The molecule has 0 aliphatic rings. The second-order valence-electron chi connectivity index (χ2n) is 5.20. The van der Waals surface area contributed by atoms with Gasteiger partial charge in [-0.2, -0.15) is 0 Å². The lowest BCUT2D eigenvalue weighted by molar-refractivity contribution is 0.102. The highest BCUT2D eigenvalue weighted by Crippen LogP contribution is 2.28. The number of halogens is 1. The van der Waals surface area contributed by atoms with Crippen molar-refractivity contribution in [1.29, 1.82) is 0 Å². The average Bonchev–Trinajstić information content (AvgIpc) is 3.09. The summed E-state index contributed by atoms with van der Waals surface area (Å²) in [7, 11) is 1.85. The largest absolute Gasteiger partial charge is 0.340 e. The van der Waals surface area contributed by atoms with E-state index in [9.17, 15) is 4.79 Å². The molecule has 0 bridgehead atoms. The van der Waals surface area contributed by atoms with Crippen LogP contribution < -0.4 is 5.32 Å². The van der Waals surface area contributed by atoms with Gasteiger partial charge in [0.25, 0.3) is 5.91 Å². The molecule has 0 aliphatic carbocycles. The van der Waals surface area contributed by atoms with Crippen LogP contribution in [-0.4, -0.2) is 15.5 Å². The third-order valence-corrected chi connectivity index (χ3v) is 5.06. The molecule has 0 unspecified atom stereocenters. The van der Waals surface area contributed by atoms with Crippen LogP contribution in [0.15, 0.2) is 48.5 Å². The molecule has 0 saturated heterocycles. The van der Waals surface area contributed by atoms with Crippen molar-refractivity contribution in [3.05, 3.63) is 59.2 Å². The van der Waals surface area contributed by atoms with E-state index in [-0.39, 0.29) is 5.91 Å². The Labute approximate surface area is 141 Å². The van der Waals surface area contributed by atoms with Crippen LogP contribution in [0.2, 0.25) is 5.02 Å². The fraction of sp³-hybridized carbons (Fsp3) is 0.0588. The fourth-order valence-corrected chi connectivity index (χ4v) is 3.71. The number of anilines is 1. The van der Waals surface area contributed by atoms with E-state index in [2.05, 4.69) is 10.3 Å².